The van der Waals surface area contributed by atoms with Gasteiger partial charge in [-0.05, 0) is 48.5 Å². The van der Waals surface area contributed by atoms with E-state index < -0.39 is 0 Å². The van der Waals surface area contributed by atoms with Crippen LogP contribution in [-0.2, 0) is 0 Å². The van der Waals surface area contributed by atoms with E-state index in [2.05, 4.69) is 0 Å². The molecule has 0 spiro atoms. The highest BCUT2D eigenvalue weighted by Crippen LogP contribution is 2.25. The molecule has 3 aromatic carbocycles. The Morgan fingerprint density at radius 1 is 0.846 bits per heavy atom. The van der Waals surface area contributed by atoms with Crippen LogP contribution in [0.2, 0.25) is 0 Å². The number of aromatic nitrogens is 3. The molecule has 0 unspecified atom stereocenters. The lowest BCUT2D eigenvalue weighted by Crippen LogP contribution is -2.15. The Labute approximate surface area is 148 Å². The van der Waals surface area contributed by atoms with Gasteiger partial charge in [0.15, 0.2) is 0 Å². The minimum absolute atomic E-state index is 0.0611. The van der Waals surface area contributed by atoms with Crippen LogP contribution in [-0.4, -0.2) is 21.1 Å². The van der Waals surface area contributed by atoms with Crippen molar-refractivity contribution in [3.05, 3.63) is 83.2 Å². The monoisotopic (exact) mass is 341 g/mol. The van der Waals surface area contributed by atoms with Gasteiger partial charge in [-0.1, -0.05) is 24.3 Å². The van der Waals surface area contributed by atoms with E-state index in [9.17, 15) is 4.79 Å². The number of para-hydroxylation sites is 3. The number of hydrogen-bond donors (Lipinski definition) is 0. The van der Waals surface area contributed by atoms with Crippen molar-refractivity contribution in [1.82, 2.24) is 14.0 Å². The lowest BCUT2D eigenvalue weighted by atomic mass is 10.2. The lowest BCUT2D eigenvalue weighted by Gasteiger charge is -2.07. The Morgan fingerprint density at radius 3 is 2.31 bits per heavy atom. The van der Waals surface area contributed by atoms with Crippen molar-refractivity contribution < 1.29 is 4.74 Å². The first-order chi connectivity index (χ1) is 12.8. The summed E-state index contributed by atoms with van der Waals surface area (Å²) in [6.45, 7) is 0. The molecule has 5 heteroatoms. The second-order valence-electron chi connectivity index (χ2n) is 6.09. The number of nitrogens with zero attached hydrogens (tertiary/aromatic N) is 3. The zero-order valence-electron chi connectivity index (χ0n) is 14.1. The van der Waals surface area contributed by atoms with Crippen LogP contribution in [0.4, 0.5) is 0 Å². The third kappa shape index (κ3) is 1.97. The van der Waals surface area contributed by atoms with Crippen LogP contribution >= 0.6 is 0 Å². The number of imidazole rings is 1. The van der Waals surface area contributed by atoms with Crippen LogP contribution in [0.15, 0.2) is 77.6 Å². The second-order valence-corrected chi connectivity index (χ2v) is 6.09. The minimum atomic E-state index is -0.0611. The average Bonchev–Trinajstić information content (AvgIpc) is 3.02. The normalized spacial score (nSPS) is 11.4. The molecule has 0 N–H and O–H groups in total. The van der Waals surface area contributed by atoms with Gasteiger partial charge in [-0.2, -0.15) is 0 Å². The van der Waals surface area contributed by atoms with Crippen LogP contribution in [0.25, 0.3) is 33.4 Å². The molecule has 0 saturated heterocycles. The average molecular weight is 341 g/mol. The molecule has 126 valence electrons. The molecular weight excluding hydrogens is 326 g/mol. The maximum Gasteiger partial charge on any atom is 0.267 e. The van der Waals surface area contributed by atoms with Crippen molar-refractivity contribution in [3.63, 3.8) is 0 Å². The van der Waals surface area contributed by atoms with Crippen LogP contribution in [0, 0.1) is 0 Å². The van der Waals surface area contributed by atoms with Crippen molar-refractivity contribution in [3.8, 4) is 11.4 Å². The molecule has 5 rings (SSSR count). The van der Waals surface area contributed by atoms with E-state index >= 15 is 0 Å². The summed E-state index contributed by atoms with van der Waals surface area (Å²) in [5.74, 6) is 1.38. The van der Waals surface area contributed by atoms with Gasteiger partial charge >= 0.3 is 0 Å². The fraction of sp³-hybridized carbons (Fsp3) is 0.0476. The summed E-state index contributed by atoms with van der Waals surface area (Å²) in [5.41, 5.74) is 3.31. The van der Waals surface area contributed by atoms with Gasteiger partial charge in [-0.15, -0.1) is 0 Å². The van der Waals surface area contributed by atoms with Gasteiger partial charge in [-0.3, -0.25) is 9.36 Å². The van der Waals surface area contributed by atoms with E-state index in [1.807, 2.05) is 77.4 Å². The van der Waals surface area contributed by atoms with Crippen molar-refractivity contribution >= 4 is 27.7 Å². The first-order valence-corrected chi connectivity index (χ1v) is 8.33. The number of fused-ring (bicyclic) bond motifs is 4. The highest BCUT2D eigenvalue weighted by atomic mass is 16.5. The largest absolute Gasteiger partial charge is 0.497 e. The fourth-order valence-electron chi connectivity index (χ4n) is 3.42. The molecule has 2 aromatic heterocycles. The maximum atomic E-state index is 13.1. The van der Waals surface area contributed by atoms with Gasteiger partial charge in [0.25, 0.3) is 5.56 Å². The molecule has 0 fully saturated rings. The van der Waals surface area contributed by atoms with Crippen molar-refractivity contribution in [2.45, 2.75) is 0 Å². The molecule has 0 atom stereocenters. The first kappa shape index (κ1) is 14.7. The molecule has 0 aliphatic heterocycles. The molecular formula is C21H15N3O2. The molecule has 0 aliphatic carbocycles. The van der Waals surface area contributed by atoms with E-state index in [1.54, 1.807) is 11.5 Å². The highest BCUT2D eigenvalue weighted by molar-refractivity contribution is 5.87. The summed E-state index contributed by atoms with van der Waals surface area (Å²) in [4.78, 5) is 17.9. The lowest BCUT2D eigenvalue weighted by molar-refractivity contribution is 0.415. The SMILES string of the molecule is COc1ccc(-n2c3ccccc3n3c(=O)c4ccccc4nc23)cc1. The minimum Gasteiger partial charge on any atom is -0.497 e. The van der Waals surface area contributed by atoms with Gasteiger partial charge < -0.3 is 4.74 Å². The van der Waals surface area contributed by atoms with E-state index in [0.717, 1.165) is 22.5 Å². The zero-order valence-corrected chi connectivity index (χ0v) is 14.1. The molecule has 0 aliphatic rings. The Balaban J connectivity index is 1.99. The van der Waals surface area contributed by atoms with E-state index in [0.29, 0.717) is 16.7 Å². The Hall–Kier alpha value is -3.60. The predicted molar refractivity (Wildman–Crippen MR) is 102 cm³/mol. The summed E-state index contributed by atoms with van der Waals surface area (Å²) in [5, 5.41) is 0.614. The zero-order chi connectivity index (χ0) is 17.7. The van der Waals surface area contributed by atoms with Crippen molar-refractivity contribution in [2.75, 3.05) is 7.11 Å². The van der Waals surface area contributed by atoms with Crippen molar-refractivity contribution in [2.24, 2.45) is 0 Å². The standard InChI is InChI=1S/C21H15N3O2/c1-26-15-12-10-14(11-13-15)23-18-8-4-5-9-19(18)24-20(25)16-6-2-3-7-17(16)22-21(23)24/h2-13H,1H3. The maximum absolute atomic E-state index is 13.1. The first-order valence-electron chi connectivity index (χ1n) is 8.33. The van der Waals surface area contributed by atoms with Crippen molar-refractivity contribution in [1.29, 1.82) is 0 Å². The number of benzene rings is 3. The van der Waals surface area contributed by atoms with Gasteiger partial charge in [0.1, 0.15) is 5.75 Å². The highest BCUT2D eigenvalue weighted by Gasteiger charge is 2.16. The summed E-state index contributed by atoms with van der Waals surface area (Å²) < 4.78 is 8.94. The number of rotatable bonds is 2. The summed E-state index contributed by atoms with van der Waals surface area (Å²) in [6, 6.07) is 23.0. The number of ether oxygens (including phenoxy) is 1. The molecule has 2 heterocycles. The van der Waals surface area contributed by atoms with Crippen LogP contribution < -0.4 is 10.3 Å². The Bertz CT molecular complexity index is 1330. The fourth-order valence-corrected chi connectivity index (χ4v) is 3.42. The Kier molecular flexibility index (Phi) is 3.09. The smallest absolute Gasteiger partial charge is 0.267 e. The molecule has 0 amide bonds. The molecule has 0 bridgehead atoms. The molecule has 0 radical (unpaired) electrons. The third-order valence-corrected chi connectivity index (χ3v) is 4.65. The Morgan fingerprint density at radius 2 is 1.54 bits per heavy atom. The molecule has 26 heavy (non-hydrogen) atoms. The summed E-state index contributed by atoms with van der Waals surface area (Å²) in [6.07, 6.45) is 0. The van der Waals surface area contributed by atoms with Crippen LogP contribution in [0.1, 0.15) is 0 Å². The number of hydrogen-bond acceptors (Lipinski definition) is 3. The molecule has 5 nitrogen and oxygen atoms in total. The summed E-state index contributed by atoms with van der Waals surface area (Å²) in [7, 11) is 1.64. The second kappa shape index (κ2) is 5.46. The summed E-state index contributed by atoms with van der Waals surface area (Å²) >= 11 is 0. The van der Waals surface area contributed by atoms with E-state index in [4.69, 9.17) is 9.72 Å². The van der Waals surface area contributed by atoms with Crippen LogP contribution in [0.5, 0.6) is 5.75 Å². The topological polar surface area (TPSA) is 48.5 Å². The van der Waals surface area contributed by atoms with Gasteiger partial charge in [0, 0.05) is 5.69 Å². The van der Waals surface area contributed by atoms with Gasteiger partial charge in [0.2, 0.25) is 5.78 Å². The molecule has 0 saturated carbocycles. The quantitative estimate of drug-likeness (QED) is 0.491. The van der Waals surface area contributed by atoms with Gasteiger partial charge in [0.05, 0.1) is 29.0 Å². The third-order valence-electron chi connectivity index (χ3n) is 4.65. The number of methoxy groups -OCH3 is 1. The van der Waals surface area contributed by atoms with Crippen LogP contribution in [0.3, 0.4) is 0 Å². The van der Waals surface area contributed by atoms with Gasteiger partial charge in [-0.25, -0.2) is 9.38 Å². The predicted octanol–water partition coefficient (Wildman–Crippen LogP) is 3.80. The van der Waals surface area contributed by atoms with E-state index in [-0.39, 0.29) is 5.56 Å². The molecule has 5 aromatic rings. The van der Waals surface area contributed by atoms with E-state index in [1.165, 1.54) is 0 Å².